The summed E-state index contributed by atoms with van der Waals surface area (Å²) < 4.78 is 5.14. The number of H-pyrrole nitrogens is 1. The summed E-state index contributed by atoms with van der Waals surface area (Å²) in [5.41, 5.74) is 1.80. The molecule has 0 unspecified atom stereocenters. The van der Waals surface area contributed by atoms with Gasteiger partial charge in [-0.05, 0) is 37.3 Å². The van der Waals surface area contributed by atoms with Gasteiger partial charge in [0.05, 0.1) is 12.5 Å². The Labute approximate surface area is 110 Å². The highest BCUT2D eigenvalue weighted by atomic mass is 16.5. The number of ether oxygens (including phenoxy) is 1. The smallest absolute Gasteiger partial charge is 0.143 e. The summed E-state index contributed by atoms with van der Waals surface area (Å²) in [4.78, 5) is 11.9. The molecule has 0 aliphatic heterocycles. The van der Waals surface area contributed by atoms with Crippen molar-refractivity contribution in [3.63, 3.8) is 0 Å². The Hall–Kier alpha value is -2.56. The van der Waals surface area contributed by atoms with Gasteiger partial charge in [-0.15, -0.1) is 0 Å². The van der Waals surface area contributed by atoms with E-state index in [-0.39, 0.29) is 0 Å². The molecule has 5 nitrogen and oxygen atoms in total. The molecule has 3 aromatic rings. The number of anilines is 2. The first-order valence-corrected chi connectivity index (χ1v) is 5.99. The lowest BCUT2D eigenvalue weighted by Gasteiger charge is -2.08. The molecule has 0 saturated carbocycles. The molecule has 2 heterocycles. The van der Waals surface area contributed by atoms with Gasteiger partial charge in [-0.1, -0.05) is 0 Å². The second-order valence-electron chi connectivity index (χ2n) is 4.21. The number of hydrogen-bond acceptors (Lipinski definition) is 4. The van der Waals surface area contributed by atoms with E-state index in [1.165, 1.54) is 0 Å². The molecule has 96 valence electrons. The van der Waals surface area contributed by atoms with E-state index in [1.54, 1.807) is 7.11 Å². The van der Waals surface area contributed by atoms with Gasteiger partial charge in [-0.25, -0.2) is 9.97 Å². The second-order valence-corrected chi connectivity index (χ2v) is 4.21. The molecule has 3 rings (SSSR count). The van der Waals surface area contributed by atoms with Crippen LogP contribution in [0.5, 0.6) is 5.75 Å². The van der Waals surface area contributed by atoms with Gasteiger partial charge in [0.15, 0.2) is 0 Å². The van der Waals surface area contributed by atoms with Gasteiger partial charge in [-0.3, -0.25) is 0 Å². The standard InChI is InChI=1S/C14H14N4O/c1-9-16-13-12(7-8-15-13)14(17-9)18-10-3-5-11(19-2)6-4-10/h3-8H,1-2H3,(H2,15,16,17,18). The lowest BCUT2D eigenvalue weighted by molar-refractivity contribution is 0.415. The Morgan fingerprint density at radius 2 is 1.89 bits per heavy atom. The topological polar surface area (TPSA) is 62.8 Å². The Balaban J connectivity index is 1.97. The van der Waals surface area contributed by atoms with Crippen molar-refractivity contribution in [2.24, 2.45) is 0 Å². The molecule has 0 fully saturated rings. The zero-order chi connectivity index (χ0) is 13.2. The molecule has 19 heavy (non-hydrogen) atoms. The number of fused-ring (bicyclic) bond motifs is 1. The van der Waals surface area contributed by atoms with Crippen LogP contribution >= 0.6 is 0 Å². The molecule has 0 radical (unpaired) electrons. The first-order valence-electron chi connectivity index (χ1n) is 5.99. The van der Waals surface area contributed by atoms with Gasteiger partial charge in [0.2, 0.25) is 0 Å². The summed E-state index contributed by atoms with van der Waals surface area (Å²) >= 11 is 0. The molecule has 0 spiro atoms. The maximum absolute atomic E-state index is 5.14. The molecular formula is C14H14N4O. The molecule has 0 saturated heterocycles. The molecule has 2 N–H and O–H groups in total. The van der Waals surface area contributed by atoms with Crippen LogP contribution in [0.3, 0.4) is 0 Å². The first kappa shape index (κ1) is 11.5. The van der Waals surface area contributed by atoms with Crippen molar-refractivity contribution in [3.05, 3.63) is 42.4 Å². The molecule has 5 heteroatoms. The van der Waals surface area contributed by atoms with Gasteiger partial charge < -0.3 is 15.0 Å². The quantitative estimate of drug-likeness (QED) is 0.754. The molecule has 0 bridgehead atoms. The number of nitrogens with one attached hydrogen (secondary N) is 2. The van der Waals surface area contributed by atoms with Crippen LogP contribution in [0.2, 0.25) is 0 Å². The normalized spacial score (nSPS) is 10.6. The van der Waals surface area contributed by atoms with Gasteiger partial charge in [0.25, 0.3) is 0 Å². The molecule has 1 aromatic carbocycles. The van der Waals surface area contributed by atoms with Crippen molar-refractivity contribution >= 4 is 22.5 Å². The highest BCUT2D eigenvalue weighted by molar-refractivity contribution is 5.88. The lowest BCUT2D eigenvalue weighted by atomic mass is 10.3. The lowest BCUT2D eigenvalue weighted by Crippen LogP contribution is -1.98. The zero-order valence-electron chi connectivity index (χ0n) is 10.8. The summed E-state index contributed by atoms with van der Waals surface area (Å²) in [5.74, 6) is 2.36. The number of aromatic nitrogens is 3. The average Bonchev–Trinajstić information content (AvgIpc) is 2.88. The first-order chi connectivity index (χ1) is 9.26. The molecule has 0 aliphatic carbocycles. The third-order valence-corrected chi connectivity index (χ3v) is 2.88. The van der Waals surface area contributed by atoms with E-state index in [0.717, 1.165) is 34.1 Å². The van der Waals surface area contributed by atoms with Crippen molar-refractivity contribution < 1.29 is 4.74 Å². The highest BCUT2D eigenvalue weighted by Gasteiger charge is 2.06. The van der Waals surface area contributed by atoms with Crippen molar-refractivity contribution in [3.8, 4) is 5.75 Å². The average molecular weight is 254 g/mol. The van der Waals surface area contributed by atoms with Crippen LogP contribution in [-0.4, -0.2) is 22.1 Å². The fourth-order valence-electron chi connectivity index (χ4n) is 1.96. The van der Waals surface area contributed by atoms with E-state index in [1.807, 2.05) is 43.5 Å². The Morgan fingerprint density at radius 3 is 2.63 bits per heavy atom. The summed E-state index contributed by atoms with van der Waals surface area (Å²) in [5, 5.41) is 4.27. The predicted molar refractivity (Wildman–Crippen MR) is 74.9 cm³/mol. The van der Waals surface area contributed by atoms with Crippen molar-refractivity contribution in [2.75, 3.05) is 12.4 Å². The van der Waals surface area contributed by atoms with E-state index in [4.69, 9.17) is 4.74 Å². The minimum absolute atomic E-state index is 0.728. The monoisotopic (exact) mass is 254 g/mol. The van der Waals surface area contributed by atoms with Crippen molar-refractivity contribution in [1.82, 2.24) is 15.0 Å². The summed E-state index contributed by atoms with van der Waals surface area (Å²) in [7, 11) is 1.65. The van der Waals surface area contributed by atoms with Crippen LogP contribution < -0.4 is 10.1 Å². The number of methoxy groups -OCH3 is 1. The summed E-state index contributed by atoms with van der Waals surface area (Å²) in [6.45, 7) is 1.87. The maximum Gasteiger partial charge on any atom is 0.143 e. The number of rotatable bonds is 3. The van der Waals surface area contributed by atoms with Crippen LogP contribution in [0.15, 0.2) is 36.5 Å². The Morgan fingerprint density at radius 1 is 1.11 bits per heavy atom. The fourth-order valence-corrected chi connectivity index (χ4v) is 1.96. The van der Waals surface area contributed by atoms with Gasteiger partial charge in [0, 0.05) is 11.9 Å². The minimum atomic E-state index is 0.728. The molecule has 2 aromatic heterocycles. The van der Waals surface area contributed by atoms with E-state index in [0.29, 0.717) is 0 Å². The van der Waals surface area contributed by atoms with Gasteiger partial charge >= 0.3 is 0 Å². The van der Waals surface area contributed by atoms with E-state index in [2.05, 4.69) is 20.3 Å². The van der Waals surface area contributed by atoms with E-state index < -0.39 is 0 Å². The number of aryl methyl sites for hydroxylation is 1. The van der Waals surface area contributed by atoms with Crippen LogP contribution in [0.25, 0.3) is 11.0 Å². The fraction of sp³-hybridized carbons (Fsp3) is 0.143. The Kier molecular flexibility index (Phi) is 2.79. The van der Waals surface area contributed by atoms with Crippen molar-refractivity contribution in [2.45, 2.75) is 6.92 Å². The zero-order valence-corrected chi connectivity index (χ0v) is 10.8. The SMILES string of the molecule is COc1ccc(Nc2nc(C)nc3[nH]ccc23)cc1. The number of nitrogens with zero attached hydrogens (tertiary/aromatic N) is 2. The van der Waals surface area contributed by atoms with Crippen LogP contribution in [-0.2, 0) is 0 Å². The van der Waals surface area contributed by atoms with Crippen LogP contribution in [0.4, 0.5) is 11.5 Å². The third-order valence-electron chi connectivity index (χ3n) is 2.88. The number of hydrogen-bond donors (Lipinski definition) is 2. The highest BCUT2D eigenvalue weighted by Crippen LogP contribution is 2.24. The second kappa shape index (κ2) is 4.61. The number of aromatic amines is 1. The van der Waals surface area contributed by atoms with Crippen LogP contribution in [0.1, 0.15) is 5.82 Å². The van der Waals surface area contributed by atoms with E-state index in [9.17, 15) is 0 Å². The van der Waals surface area contributed by atoms with E-state index >= 15 is 0 Å². The largest absolute Gasteiger partial charge is 0.497 e. The van der Waals surface area contributed by atoms with Crippen LogP contribution in [0, 0.1) is 6.92 Å². The maximum atomic E-state index is 5.14. The molecule has 0 amide bonds. The van der Waals surface area contributed by atoms with Gasteiger partial charge in [0.1, 0.15) is 23.0 Å². The molecular weight excluding hydrogens is 240 g/mol. The third kappa shape index (κ3) is 2.22. The predicted octanol–water partition coefficient (Wildman–Crippen LogP) is 3.02. The Bertz CT molecular complexity index is 703. The van der Waals surface area contributed by atoms with Crippen molar-refractivity contribution in [1.29, 1.82) is 0 Å². The molecule has 0 atom stereocenters. The minimum Gasteiger partial charge on any atom is -0.497 e. The number of benzene rings is 1. The summed E-state index contributed by atoms with van der Waals surface area (Å²) in [6.07, 6.45) is 1.86. The van der Waals surface area contributed by atoms with Gasteiger partial charge in [-0.2, -0.15) is 0 Å². The summed E-state index contributed by atoms with van der Waals surface area (Å²) in [6, 6.07) is 9.68. The molecule has 0 aliphatic rings.